The molecule has 0 fully saturated rings. The lowest BCUT2D eigenvalue weighted by molar-refractivity contribution is 0.253. The molecule has 1 atom stereocenters. The first-order valence-corrected chi connectivity index (χ1v) is 11.4. The van der Waals surface area contributed by atoms with Gasteiger partial charge in [-0.3, -0.25) is 9.36 Å². The first-order valence-electron chi connectivity index (χ1n) is 10.6. The molecule has 0 aliphatic carbocycles. The van der Waals surface area contributed by atoms with Gasteiger partial charge in [0, 0.05) is 4.88 Å². The lowest BCUT2D eigenvalue weighted by atomic mass is 10.2. The molecule has 0 spiro atoms. The quantitative estimate of drug-likeness (QED) is 0.388. The fraction of sp³-hybridized carbons (Fsp3) is 0.208. The highest BCUT2D eigenvalue weighted by Crippen LogP contribution is 2.25. The van der Waals surface area contributed by atoms with E-state index in [-0.39, 0.29) is 17.9 Å². The van der Waals surface area contributed by atoms with Gasteiger partial charge in [0.1, 0.15) is 41.1 Å². The molecule has 4 aromatic heterocycles. The van der Waals surface area contributed by atoms with E-state index in [2.05, 4.69) is 26.9 Å². The standard InChI is InChI=1S/C24H21N7O2S/c1-13-6-4-5-7-18(13)31-19(28-23-16(24(31)33)10-15(3)34-23)11-30-22-20(21(25)26-12-27-22)17(29-30)9-8-14(2)32/h4-7,10,12,14,32H,11H2,1-3H3,(H2,25,26,27)/t14-/m0/s1. The first kappa shape index (κ1) is 21.8. The van der Waals surface area contributed by atoms with Crippen LogP contribution in [0.2, 0.25) is 0 Å². The topological polar surface area (TPSA) is 125 Å². The highest BCUT2D eigenvalue weighted by Gasteiger charge is 2.20. The average molecular weight is 472 g/mol. The molecule has 5 aromatic rings. The summed E-state index contributed by atoms with van der Waals surface area (Å²) in [4.78, 5) is 28.6. The van der Waals surface area contributed by atoms with Crippen molar-refractivity contribution in [3.05, 3.63) is 69.0 Å². The van der Waals surface area contributed by atoms with Crippen LogP contribution >= 0.6 is 11.3 Å². The molecule has 3 N–H and O–H groups in total. The summed E-state index contributed by atoms with van der Waals surface area (Å²) < 4.78 is 3.24. The minimum absolute atomic E-state index is 0.140. The molecule has 0 radical (unpaired) electrons. The zero-order chi connectivity index (χ0) is 24.0. The number of thiophene rings is 1. The summed E-state index contributed by atoms with van der Waals surface area (Å²) in [7, 11) is 0. The van der Waals surface area contributed by atoms with Crippen LogP contribution in [0.25, 0.3) is 26.9 Å². The highest BCUT2D eigenvalue weighted by molar-refractivity contribution is 7.18. The Labute approximate surface area is 198 Å². The smallest absolute Gasteiger partial charge is 0.266 e. The fourth-order valence-corrected chi connectivity index (χ4v) is 4.74. The van der Waals surface area contributed by atoms with Gasteiger partial charge in [-0.2, -0.15) is 5.10 Å². The zero-order valence-corrected chi connectivity index (χ0v) is 19.6. The van der Waals surface area contributed by atoms with E-state index in [4.69, 9.17) is 10.7 Å². The molecule has 0 aliphatic heterocycles. The number of aliphatic hydroxyl groups is 1. The number of fused-ring (bicyclic) bond motifs is 2. The Morgan fingerprint density at radius 2 is 2.03 bits per heavy atom. The second-order valence-electron chi connectivity index (χ2n) is 7.94. The van der Waals surface area contributed by atoms with Crippen molar-refractivity contribution < 1.29 is 5.11 Å². The number of para-hydroxylation sites is 1. The van der Waals surface area contributed by atoms with Gasteiger partial charge >= 0.3 is 0 Å². The van der Waals surface area contributed by atoms with Crippen molar-refractivity contribution in [2.45, 2.75) is 33.4 Å². The normalized spacial score (nSPS) is 12.1. The number of hydrogen-bond acceptors (Lipinski definition) is 8. The molecule has 10 heteroatoms. The number of benzene rings is 1. The van der Waals surface area contributed by atoms with Crippen molar-refractivity contribution in [2.75, 3.05) is 5.73 Å². The van der Waals surface area contributed by atoms with Crippen molar-refractivity contribution in [1.82, 2.24) is 29.3 Å². The van der Waals surface area contributed by atoms with Gasteiger partial charge in [-0.05, 0) is 44.4 Å². The van der Waals surface area contributed by atoms with E-state index in [9.17, 15) is 9.90 Å². The fourth-order valence-electron chi connectivity index (χ4n) is 3.85. The number of rotatable bonds is 3. The third-order valence-electron chi connectivity index (χ3n) is 5.36. The van der Waals surface area contributed by atoms with Gasteiger partial charge in [0.15, 0.2) is 5.65 Å². The monoisotopic (exact) mass is 471 g/mol. The number of aromatic nitrogens is 6. The summed E-state index contributed by atoms with van der Waals surface area (Å²) in [6.45, 7) is 5.63. The van der Waals surface area contributed by atoms with Crippen molar-refractivity contribution in [1.29, 1.82) is 0 Å². The van der Waals surface area contributed by atoms with Crippen molar-refractivity contribution in [3.8, 4) is 17.5 Å². The zero-order valence-electron chi connectivity index (χ0n) is 18.8. The van der Waals surface area contributed by atoms with Crippen LogP contribution in [0.5, 0.6) is 0 Å². The van der Waals surface area contributed by atoms with Crippen LogP contribution in [-0.2, 0) is 6.54 Å². The summed E-state index contributed by atoms with van der Waals surface area (Å²) in [5, 5.41) is 15.3. The van der Waals surface area contributed by atoms with Crippen LogP contribution in [0, 0.1) is 25.7 Å². The van der Waals surface area contributed by atoms with Crippen LogP contribution in [0.4, 0.5) is 5.82 Å². The number of aliphatic hydroxyl groups excluding tert-OH is 1. The number of nitrogens with zero attached hydrogens (tertiary/aromatic N) is 6. The van der Waals surface area contributed by atoms with Crippen LogP contribution in [0.1, 0.15) is 28.9 Å². The molecule has 0 amide bonds. The van der Waals surface area contributed by atoms with Gasteiger partial charge in [-0.15, -0.1) is 11.3 Å². The predicted molar refractivity (Wildman–Crippen MR) is 132 cm³/mol. The second kappa shape index (κ2) is 8.37. The Kier molecular flexibility index (Phi) is 5.36. The number of hydrogen-bond donors (Lipinski definition) is 2. The van der Waals surface area contributed by atoms with Gasteiger partial charge in [-0.1, -0.05) is 24.1 Å². The number of anilines is 1. The summed E-state index contributed by atoms with van der Waals surface area (Å²) in [5.41, 5.74) is 8.48. The second-order valence-corrected chi connectivity index (χ2v) is 9.17. The van der Waals surface area contributed by atoms with Gasteiger partial charge in [0.25, 0.3) is 5.56 Å². The van der Waals surface area contributed by atoms with E-state index in [1.165, 1.54) is 17.7 Å². The molecule has 0 bridgehead atoms. The molecule has 1 aromatic carbocycles. The van der Waals surface area contributed by atoms with Crippen molar-refractivity contribution >= 4 is 38.4 Å². The van der Waals surface area contributed by atoms with Gasteiger partial charge in [0.2, 0.25) is 0 Å². The number of nitrogen functional groups attached to an aromatic ring is 1. The summed E-state index contributed by atoms with van der Waals surface area (Å²) >= 11 is 1.47. The highest BCUT2D eigenvalue weighted by atomic mass is 32.1. The molecule has 170 valence electrons. The molecule has 9 nitrogen and oxygen atoms in total. The van der Waals surface area contributed by atoms with Crippen LogP contribution in [0.15, 0.2) is 41.5 Å². The number of nitrogens with two attached hydrogens (primary N) is 1. The Morgan fingerprint density at radius 3 is 2.79 bits per heavy atom. The van der Waals surface area contributed by atoms with Gasteiger partial charge < -0.3 is 10.8 Å². The van der Waals surface area contributed by atoms with E-state index in [0.717, 1.165) is 16.1 Å². The predicted octanol–water partition coefficient (Wildman–Crippen LogP) is 2.57. The van der Waals surface area contributed by atoms with Crippen LogP contribution in [-0.4, -0.2) is 40.5 Å². The van der Waals surface area contributed by atoms with E-state index in [0.29, 0.717) is 32.8 Å². The Hall–Kier alpha value is -4.07. The maximum absolute atomic E-state index is 13.6. The molecular weight excluding hydrogens is 450 g/mol. The molecule has 0 saturated carbocycles. The van der Waals surface area contributed by atoms with E-state index in [1.54, 1.807) is 16.2 Å². The molecule has 0 aliphatic rings. The molecule has 0 unspecified atom stereocenters. The molecule has 34 heavy (non-hydrogen) atoms. The summed E-state index contributed by atoms with van der Waals surface area (Å²) in [6, 6.07) is 9.54. The summed E-state index contributed by atoms with van der Waals surface area (Å²) in [6.07, 6.45) is 0.526. The van der Waals surface area contributed by atoms with E-state index in [1.807, 2.05) is 44.2 Å². The third kappa shape index (κ3) is 3.71. The maximum atomic E-state index is 13.6. The van der Waals surface area contributed by atoms with Crippen molar-refractivity contribution in [3.63, 3.8) is 0 Å². The Morgan fingerprint density at radius 1 is 1.24 bits per heavy atom. The largest absolute Gasteiger partial charge is 0.383 e. The molecular formula is C24H21N7O2S. The minimum atomic E-state index is -0.830. The lowest BCUT2D eigenvalue weighted by Crippen LogP contribution is -2.25. The van der Waals surface area contributed by atoms with Crippen LogP contribution < -0.4 is 11.3 Å². The van der Waals surface area contributed by atoms with E-state index < -0.39 is 6.10 Å². The SMILES string of the molecule is Cc1cc2c(=O)n(-c3ccccc3C)c(Cn3nc(C#C[C@H](C)O)c4c(N)ncnc43)nc2s1. The number of aryl methyl sites for hydroxylation is 2. The van der Waals surface area contributed by atoms with E-state index >= 15 is 0 Å². The van der Waals surface area contributed by atoms with Crippen molar-refractivity contribution in [2.24, 2.45) is 0 Å². The lowest BCUT2D eigenvalue weighted by Gasteiger charge is -2.14. The van der Waals surface area contributed by atoms with Crippen LogP contribution in [0.3, 0.4) is 0 Å². The van der Waals surface area contributed by atoms with Gasteiger partial charge in [0.05, 0.1) is 16.5 Å². The molecule has 0 saturated heterocycles. The Balaban J connectivity index is 1.76. The molecule has 5 rings (SSSR count). The summed E-state index contributed by atoms with van der Waals surface area (Å²) in [5.74, 6) is 6.28. The molecule has 4 heterocycles. The maximum Gasteiger partial charge on any atom is 0.266 e. The average Bonchev–Trinajstić information content (AvgIpc) is 3.34. The van der Waals surface area contributed by atoms with Gasteiger partial charge in [-0.25, -0.2) is 19.6 Å². The minimum Gasteiger partial charge on any atom is -0.383 e. The Bertz CT molecular complexity index is 1690. The first-order chi connectivity index (χ1) is 16.3. The third-order valence-corrected chi connectivity index (χ3v) is 6.31.